The lowest BCUT2D eigenvalue weighted by molar-refractivity contribution is -0.138. The Morgan fingerprint density at radius 3 is 2.81 bits per heavy atom. The first-order valence-corrected chi connectivity index (χ1v) is 10.1. The minimum atomic E-state index is -1.01. The van der Waals surface area contributed by atoms with Crippen molar-refractivity contribution in [2.75, 3.05) is 11.7 Å². The summed E-state index contributed by atoms with van der Waals surface area (Å²) in [5.41, 5.74) is 6.25. The van der Waals surface area contributed by atoms with E-state index in [9.17, 15) is 9.59 Å². The highest BCUT2D eigenvalue weighted by molar-refractivity contribution is 7.98. The number of rotatable bonds is 6. The van der Waals surface area contributed by atoms with Gasteiger partial charge < -0.3 is 9.84 Å². The van der Waals surface area contributed by atoms with Gasteiger partial charge in [-0.3, -0.25) is 20.4 Å². The number of hydrazine groups is 1. The lowest BCUT2D eigenvalue weighted by atomic mass is 9.94. The zero-order chi connectivity index (χ0) is 18.9. The van der Waals surface area contributed by atoms with Crippen molar-refractivity contribution < 1.29 is 19.4 Å². The van der Waals surface area contributed by atoms with Crippen molar-refractivity contribution in [3.8, 4) is 0 Å². The van der Waals surface area contributed by atoms with Gasteiger partial charge in [0.05, 0.1) is 24.0 Å². The lowest BCUT2D eigenvalue weighted by Crippen LogP contribution is -2.32. The Bertz CT molecular complexity index is 866. The molecule has 3 rings (SSSR count). The van der Waals surface area contributed by atoms with Gasteiger partial charge in [-0.2, -0.15) is 0 Å². The maximum Gasteiger partial charge on any atom is 0.303 e. The molecular formula is C16H20N4O4S2. The number of amides is 1. The number of thiophene rings is 1. The molecule has 0 bridgehead atoms. The molecule has 8 nitrogen and oxygen atoms in total. The third-order valence-corrected chi connectivity index (χ3v) is 5.63. The van der Waals surface area contributed by atoms with Crippen LogP contribution in [0.25, 0.3) is 10.2 Å². The fourth-order valence-corrected chi connectivity index (χ4v) is 4.24. The number of anilines is 1. The summed E-state index contributed by atoms with van der Waals surface area (Å²) in [5.74, 6) is -0.890. The molecule has 0 unspecified atom stereocenters. The van der Waals surface area contributed by atoms with Crippen LogP contribution in [0.5, 0.6) is 0 Å². The van der Waals surface area contributed by atoms with Gasteiger partial charge in [-0.05, 0) is 25.7 Å². The molecule has 1 amide bonds. The summed E-state index contributed by atoms with van der Waals surface area (Å²) >= 11 is 2.99. The molecule has 3 N–H and O–H groups in total. The number of carbonyl (C=O) groups excluding carboxylic acids is 1. The first-order valence-electron chi connectivity index (χ1n) is 8.06. The van der Waals surface area contributed by atoms with Gasteiger partial charge in [-0.25, -0.2) is 9.97 Å². The average molecular weight is 396 g/mol. The van der Waals surface area contributed by atoms with E-state index in [0.717, 1.165) is 27.1 Å². The number of carbonyl (C=O) groups is 2. The van der Waals surface area contributed by atoms with Gasteiger partial charge in [0.2, 0.25) is 5.91 Å². The van der Waals surface area contributed by atoms with Gasteiger partial charge in [0.15, 0.2) is 11.0 Å². The number of aromatic nitrogens is 2. The number of hydrogen-bond acceptors (Lipinski definition) is 8. The number of aliphatic carboxylic acids is 1. The van der Waals surface area contributed by atoms with Crippen LogP contribution in [-0.2, 0) is 27.4 Å². The van der Waals surface area contributed by atoms with E-state index in [1.54, 1.807) is 11.3 Å². The molecule has 10 heteroatoms. The van der Waals surface area contributed by atoms with Crippen LogP contribution in [0.4, 0.5) is 5.82 Å². The first kappa shape index (κ1) is 18.9. The Hall–Kier alpha value is -1.91. The number of fused-ring (bicyclic) bond motifs is 3. The quantitative estimate of drug-likeness (QED) is 0.388. The number of hydrogen-bond donors (Lipinski definition) is 3. The van der Waals surface area contributed by atoms with E-state index < -0.39 is 11.9 Å². The van der Waals surface area contributed by atoms with Crippen molar-refractivity contribution in [1.82, 2.24) is 15.4 Å². The third-order valence-electron chi connectivity index (χ3n) is 3.98. The Labute approximate surface area is 158 Å². The summed E-state index contributed by atoms with van der Waals surface area (Å²) in [4.78, 5) is 33.5. The molecule has 1 aliphatic rings. The number of nitrogens with zero attached hydrogens (tertiary/aromatic N) is 2. The summed E-state index contributed by atoms with van der Waals surface area (Å²) in [6.07, 6.45) is 2.29. The maximum atomic E-state index is 11.8. The number of carboxylic acid groups (broad SMARTS) is 1. The van der Waals surface area contributed by atoms with Gasteiger partial charge in [0.25, 0.3) is 0 Å². The van der Waals surface area contributed by atoms with E-state index in [1.165, 1.54) is 11.8 Å². The number of nitrogens with one attached hydrogen (secondary N) is 2. The Kier molecular flexibility index (Phi) is 5.35. The fraction of sp³-hybridized carbons (Fsp3) is 0.500. The highest BCUT2D eigenvalue weighted by Crippen LogP contribution is 2.41. The van der Waals surface area contributed by atoms with Gasteiger partial charge in [-0.15, -0.1) is 11.3 Å². The molecule has 3 heterocycles. The van der Waals surface area contributed by atoms with Crippen molar-refractivity contribution in [1.29, 1.82) is 0 Å². The minimum absolute atomic E-state index is 0.103. The van der Waals surface area contributed by atoms with Crippen LogP contribution in [0, 0.1) is 0 Å². The topological polar surface area (TPSA) is 113 Å². The Balaban J connectivity index is 1.91. The molecule has 0 atom stereocenters. The summed E-state index contributed by atoms with van der Waals surface area (Å²) in [6, 6.07) is 0. The summed E-state index contributed by atoms with van der Waals surface area (Å²) in [6.45, 7) is 4.61. The second kappa shape index (κ2) is 7.37. The third kappa shape index (κ3) is 4.08. The second-order valence-electron chi connectivity index (χ2n) is 6.53. The zero-order valence-electron chi connectivity index (χ0n) is 14.7. The highest BCUT2D eigenvalue weighted by Gasteiger charge is 2.31. The van der Waals surface area contributed by atoms with Gasteiger partial charge in [0.1, 0.15) is 4.83 Å². The van der Waals surface area contributed by atoms with Crippen molar-refractivity contribution in [2.45, 2.75) is 50.5 Å². The van der Waals surface area contributed by atoms with E-state index >= 15 is 0 Å². The largest absolute Gasteiger partial charge is 0.481 e. The molecule has 2 aromatic heterocycles. The minimum Gasteiger partial charge on any atom is -0.481 e. The molecule has 0 saturated carbocycles. The van der Waals surface area contributed by atoms with Crippen molar-refractivity contribution >= 4 is 51.0 Å². The summed E-state index contributed by atoms with van der Waals surface area (Å²) < 4.78 is 5.88. The molecule has 0 spiro atoms. The van der Waals surface area contributed by atoms with Crippen LogP contribution in [0.15, 0.2) is 5.16 Å². The number of ether oxygens (including phenoxy) is 1. The van der Waals surface area contributed by atoms with Crippen LogP contribution < -0.4 is 10.9 Å². The highest BCUT2D eigenvalue weighted by atomic mass is 32.2. The molecular weight excluding hydrogens is 376 g/mol. The van der Waals surface area contributed by atoms with E-state index in [2.05, 4.69) is 20.8 Å². The zero-order valence-corrected chi connectivity index (χ0v) is 16.3. The smallest absolute Gasteiger partial charge is 0.303 e. The molecule has 26 heavy (non-hydrogen) atoms. The average Bonchev–Trinajstić information content (AvgIpc) is 2.94. The fourth-order valence-electron chi connectivity index (χ4n) is 2.72. The van der Waals surface area contributed by atoms with E-state index in [0.29, 0.717) is 17.6 Å². The van der Waals surface area contributed by atoms with Crippen molar-refractivity contribution in [2.24, 2.45) is 0 Å². The molecule has 0 saturated heterocycles. The van der Waals surface area contributed by atoms with Gasteiger partial charge in [0, 0.05) is 17.7 Å². The number of carboxylic acids is 1. The summed E-state index contributed by atoms with van der Waals surface area (Å²) in [7, 11) is 0. The standard InChI is InChI=1S/C16H20N4O4S2/c1-16(2)6-8-9(7-24-16)26-14-12(8)13(17-15(18-14)25-3)20-19-10(21)4-5-11(22)23/h4-7H2,1-3H3,(H,19,21)(H,22,23)(H,17,18,20). The molecule has 140 valence electrons. The van der Waals surface area contributed by atoms with E-state index in [-0.39, 0.29) is 18.4 Å². The molecule has 0 radical (unpaired) electrons. The lowest BCUT2D eigenvalue weighted by Gasteiger charge is -2.30. The molecule has 0 fully saturated rings. The normalized spacial score (nSPS) is 15.5. The molecule has 0 aromatic carbocycles. The van der Waals surface area contributed by atoms with Crippen LogP contribution in [0.1, 0.15) is 37.1 Å². The second-order valence-corrected chi connectivity index (χ2v) is 8.39. The van der Waals surface area contributed by atoms with Gasteiger partial charge in [-0.1, -0.05) is 11.8 Å². The Morgan fingerprint density at radius 1 is 1.35 bits per heavy atom. The van der Waals surface area contributed by atoms with Crippen LogP contribution in [0.2, 0.25) is 0 Å². The van der Waals surface area contributed by atoms with Crippen LogP contribution >= 0.6 is 23.1 Å². The number of thioether (sulfide) groups is 1. The molecule has 1 aliphatic heterocycles. The summed E-state index contributed by atoms with van der Waals surface area (Å²) in [5, 5.41) is 10.2. The van der Waals surface area contributed by atoms with E-state index in [1.807, 2.05) is 20.1 Å². The predicted octanol–water partition coefficient (Wildman–Crippen LogP) is 2.57. The van der Waals surface area contributed by atoms with Crippen molar-refractivity contribution in [3.63, 3.8) is 0 Å². The monoisotopic (exact) mass is 396 g/mol. The van der Waals surface area contributed by atoms with Crippen molar-refractivity contribution in [3.05, 3.63) is 10.4 Å². The Morgan fingerprint density at radius 2 is 2.12 bits per heavy atom. The van der Waals surface area contributed by atoms with Crippen LogP contribution in [0.3, 0.4) is 0 Å². The predicted molar refractivity (Wildman–Crippen MR) is 100 cm³/mol. The van der Waals surface area contributed by atoms with Gasteiger partial charge >= 0.3 is 5.97 Å². The first-order chi connectivity index (χ1) is 12.3. The molecule has 2 aromatic rings. The van der Waals surface area contributed by atoms with E-state index in [4.69, 9.17) is 9.84 Å². The molecule has 0 aliphatic carbocycles. The maximum absolute atomic E-state index is 11.8. The van der Waals surface area contributed by atoms with Crippen LogP contribution in [-0.4, -0.2) is 38.8 Å². The SMILES string of the molecule is CSc1nc(NNC(=O)CCC(=O)O)c2c3c(sc2n1)COC(C)(C)C3.